The molecule has 1 atom stereocenters. The van der Waals surface area contributed by atoms with Gasteiger partial charge in [-0.25, -0.2) is 0 Å². The number of rotatable bonds is 2. The average molecular weight is 301 g/mol. The van der Waals surface area contributed by atoms with Crippen molar-refractivity contribution in [2.24, 2.45) is 11.3 Å². The van der Waals surface area contributed by atoms with Crippen LogP contribution in [0.4, 0.5) is 5.00 Å². The van der Waals surface area contributed by atoms with Gasteiger partial charge in [0, 0.05) is 4.88 Å². The minimum Gasteiger partial charge on any atom is -0.316 e. The molecule has 0 aromatic carbocycles. The van der Waals surface area contributed by atoms with Crippen LogP contribution in [0.15, 0.2) is 0 Å². The topological polar surface area (TPSA) is 76.7 Å². The van der Waals surface area contributed by atoms with E-state index in [9.17, 15) is 10.1 Å². The standard InChI is InChI=1S/C16H19N3OS/c1-16(2,3)10-4-5-11-12(9-18)15(21-13(11)8-10)19-14(20)6-7-17/h10H,4-6,8H2,1-3H3,(H,19,20)/t10-/m0/s1. The van der Waals surface area contributed by atoms with E-state index >= 15 is 0 Å². The lowest BCUT2D eigenvalue weighted by Gasteiger charge is -2.33. The van der Waals surface area contributed by atoms with E-state index in [1.54, 1.807) is 0 Å². The van der Waals surface area contributed by atoms with Gasteiger partial charge in [0.2, 0.25) is 5.91 Å². The third-order valence-corrected chi connectivity index (χ3v) is 5.26. The maximum atomic E-state index is 11.6. The zero-order valence-corrected chi connectivity index (χ0v) is 13.4. The van der Waals surface area contributed by atoms with Gasteiger partial charge in [-0.2, -0.15) is 10.5 Å². The van der Waals surface area contributed by atoms with Crippen LogP contribution in [0.5, 0.6) is 0 Å². The van der Waals surface area contributed by atoms with Gasteiger partial charge in [0.05, 0.1) is 11.6 Å². The first kappa shape index (κ1) is 15.5. The number of hydrogen-bond acceptors (Lipinski definition) is 4. The number of nitrogens with zero attached hydrogens (tertiary/aromatic N) is 2. The number of thiophene rings is 1. The Morgan fingerprint density at radius 2 is 2.14 bits per heavy atom. The predicted molar refractivity (Wildman–Crippen MR) is 82.9 cm³/mol. The summed E-state index contributed by atoms with van der Waals surface area (Å²) in [5.41, 5.74) is 1.93. The number of carbonyl (C=O) groups is 1. The number of nitrogens with one attached hydrogen (secondary N) is 1. The third kappa shape index (κ3) is 3.25. The first-order chi connectivity index (χ1) is 9.86. The highest BCUT2D eigenvalue weighted by atomic mass is 32.1. The molecule has 1 aliphatic carbocycles. The first-order valence-electron chi connectivity index (χ1n) is 7.08. The maximum absolute atomic E-state index is 11.6. The minimum absolute atomic E-state index is 0.182. The average Bonchev–Trinajstić information content (AvgIpc) is 2.73. The zero-order valence-electron chi connectivity index (χ0n) is 12.6. The summed E-state index contributed by atoms with van der Waals surface area (Å²) in [7, 11) is 0. The molecule has 0 radical (unpaired) electrons. The van der Waals surface area contributed by atoms with Gasteiger partial charge in [-0.05, 0) is 36.2 Å². The number of amides is 1. The molecule has 0 bridgehead atoms. The van der Waals surface area contributed by atoms with Crippen molar-refractivity contribution in [1.82, 2.24) is 0 Å². The van der Waals surface area contributed by atoms with E-state index in [-0.39, 0.29) is 17.7 Å². The van der Waals surface area contributed by atoms with E-state index in [2.05, 4.69) is 32.2 Å². The lowest BCUT2D eigenvalue weighted by molar-refractivity contribution is -0.115. The summed E-state index contributed by atoms with van der Waals surface area (Å²) in [5, 5.41) is 21.2. The van der Waals surface area contributed by atoms with Crippen molar-refractivity contribution in [3.05, 3.63) is 16.0 Å². The molecule has 1 aromatic heterocycles. The third-order valence-electron chi connectivity index (χ3n) is 4.09. The molecule has 110 valence electrons. The number of fused-ring (bicyclic) bond motifs is 1. The Labute approximate surface area is 129 Å². The maximum Gasteiger partial charge on any atom is 0.239 e. The highest BCUT2D eigenvalue weighted by Crippen LogP contribution is 2.43. The van der Waals surface area contributed by atoms with Crippen molar-refractivity contribution < 1.29 is 4.79 Å². The molecule has 0 fully saturated rings. The molecule has 1 heterocycles. The second-order valence-electron chi connectivity index (χ2n) is 6.51. The van der Waals surface area contributed by atoms with E-state index in [0.717, 1.165) is 24.8 Å². The van der Waals surface area contributed by atoms with Gasteiger partial charge in [0.15, 0.2) is 0 Å². The van der Waals surface area contributed by atoms with Crippen molar-refractivity contribution in [1.29, 1.82) is 10.5 Å². The van der Waals surface area contributed by atoms with E-state index in [1.165, 1.54) is 16.2 Å². The Morgan fingerprint density at radius 3 is 2.71 bits per heavy atom. The van der Waals surface area contributed by atoms with Crippen molar-refractivity contribution in [3.63, 3.8) is 0 Å². The Morgan fingerprint density at radius 1 is 1.43 bits per heavy atom. The van der Waals surface area contributed by atoms with Crippen LogP contribution in [0.3, 0.4) is 0 Å². The van der Waals surface area contributed by atoms with Crippen LogP contribution in [0.2, 0.25) is 0 Å². The Bertz CT molecular complexity index is 640. The molecule has 1 aliphatic rings. The monoisotopic (exact) mass is 301 g/mol. The molecule has 2 rings (SSSR count). The number of anilines is 1. The Hall–Kier alpha value is -1.85. The molecule has 5 heteroatoms. The van der Waals surface area contributed by atoms with E-state index < -0.39 is 0 Å². The Balaban J connectivity index is 2.28. The smallest absolute Gasteiger partial charge is 0.239 e. The molecule has 0 saturated carbocycles. The molecule has 0 spiro atoms. The van der Waals surface area contributed by atoms with Crippen molar-refractivity contribution in [3.8, 4) is 12.1 Å². The molecular weight excluding hydrogens is 282 g/mol. The number of carbonyl (C=O) groups excluding carboxylic acids is 1. The second-order valence-corrected chi connectivity index (χ2v) is 7.61. The summed E-state index contributed by atoms with van der Waals surface area (Å²) < 4.78 is 0. The first-order valence-corrected chi connectivity index (χ1v) is 7.90. The van der Waals surface area contributed by atoms with Crippen molar-refractivity contribution in [2.75, 3.05) is 5.32 Å². The number of nitriles is 2. The van der Waals surface area contributed by atoms with Gasteiger partial charge < -0.3 is 5.32 Å². The SMILES string of the molecule is CC(C)(C)[C@H]1CCc2c(sc(NC(=O)CC#N)c2C#N)C1. The van der Waals surface area contributed by atoms with Gasteiger partial charge in [0.1, 0.15) is 17.5 Å². The van der Waals surface area contributed by atoms with Crippen LogP contribution in [0.25, 0.3) is 0 Å². The summed E-state index contributed by atoms with van der Waals surface area (Å²) in [5.74, 6) is 0.248. The molecule has 1 amide bonds. The lowest BCUT2D eigenvalue weighted by atomic mass is 9.72. The number of hydrogen-bond donors (Lipinski definition) is 1. The molecule has 21 heavy (non-hydrogen) atoms. The van der Waals surface area contributed by atoms with Crippen LogP contribution in [-0.4, -0.2) is 5.91 Å². The lowest BCUT2D eigenvalue weighted by Crippen LogP contribution is -2.26. The summed E-state index contributed by atoms with van der Waals surface area (Å²) >= 11 is 1.50. The Kier molecular flexibility index (Phi) is 4.34. The molecule has 4 nitrogen and oxygen atoms in total. The van der Waals surface area contributed by atoms with Crippen LogP contribution in [0, 0.1) is 34.0 Å². The molecule has 0 saturated heterocycles. The van der Waals surface area contributed by atoms with Crippen molar-refractivity contribution >= 4 is 22.2 Å². The quantitative estimate of drug-likeness (QED) is 0.906. The van der Waals surface area contributed by atoms with Gasteiger partial charge >= 0.3 is 0 Å². The zero-order chi connectivity index (χ0) is 15.6. The van der Waals surface area contributed by atoms with Gasteiger partial charge in [-0.3, -0.25) is 4.79 Å². The largest absolute Gasteiger partial charge is 0.316 e. The van der Waals surface area contributed by atoms with Crippen LogP contribution in [-0.2, 0) is 17.6 Å². The molecule has 0 unspecified atom stereocenters. The second kappa shape index (κ2) is 5.87. The fourth-order valence-electron chi connectivity index (χ4n) is 2.77. The van der Waals surface area contributed by atoms with Crippen molar-refractivity contribution in [2.45, 2.75) is 46.5 Å². The van der Waals surface area contributed by atoms with E-state index in [0.29, 0.717) is 16.5 Å². The fourth-order valence-corrected chi connectivity index (χ4v) is 4.07. The fraction of sp³-hybridized carbons (Fsp3) is 0.562. The summed E-state index contributed by atoms with van der Waals surface area (Å²) in [6, 6.07) is 4.04. The van der Waals surface area contributed by atoms with Crippen LogP contribution < -0.4 is 5.32 Å². The highest BCUT2D eigenvalue weighted by Gasteiger charge is 2.32. The summed E-state index contributed by atoms with van der Waals surface area (Å²) in [4.78, 5) is 12.8. The highest BCUT2D eigenvalue weighted by molar-refractivity contribution is 7.16. The molecule has 0 aliphatic heterocycles. The van der Waals surface area contributed by atoms with E-state index in [4.69, 9.17) is 5.26 Å². The predicted octanol–water partition coefficient (Wildman–Crippen LogP) is 3.62. The van der Waals surface area contributed by atoms with Gasteiger partial charge in [-0.15, -0.1) is 11.3 Å². The van der Waals surface area contributed by atoms with Gasteiger partial charge in [0.25, 0.3) is 0 Å². The van der Waals surface area contributed by atoms with Gasteiger partial charge in [-0.1, -0.05) is 20.8 Å². The van der Waals surface area contributed by atoms with E-state index in [1.807, 2.05) is 6.07 Å². The summed E-state index contributed by atoms with van der Waals surface area (Å²) in [6.45, 7) is 6.74. The molecule has 1 N–H and O–H groups in total. The molecule has 1 aromatic rings. The minimum atomic E-state index is -0.347. The normalized spacial score (nSPS) is 17.5. The van der Waals surface area contributed by atoms with Crippen LogP contribution >= 0.6 is 11.3 Å². The van der Waals surface area contributed by atoms with Crippen LogP contribution in [0.1, 0.15) is 49.6 Å². The summed E-state index contributed by atoms with van der Waals surface area (Å²) in [6.07, 6.45) is 2.75. The molecular formula is C16H19N3OS.